The van der Waals surface area contributed by atoms with Gasteiger partial charge in [0.2, 0.25) is 12.1 Å². The second-order valence-electron chi connectivity index (χ2n) is 10.1. The van der Waals surface area contributed by atoms with Crippen molar-refractivity contribution in [2.45, 2.75) is 68.0 Å². The summed E-state index contributed by atoms with van der Waals surface area (Å²) in [5, 5.41) is 92.4. The maximum absolute atomic E-state index is 13.8. The zero-order valence-electron chi connectivity index (χ0n) is 20.7. The molecule has 2 heterocycles. The van der Waals surface area contributed by atoms with Crippen molar-refractivity contribution < 1.29 is 65.0 Å². The van der Waals surface area contributed by atoms with Crippen molar-refractivity contribution in [3.63, 3.8) is 0 Å². The lowest BCUT2D eigenvalue weighted by molar-refractivity contribution is -0.277. The van der Waals surface area contributed by atoms with E-state index in [0.717, 1.165) is 6.07 Å². The van der Waals surface area contributed by atoms with E-state index in [2.05, 4.69) is 0 Å². The number of fused-ring (bicyclic) bond motifs is 2. The number of aliphatic hydroxyl groups excluding tert-OH is 7. The average molecular weight is 551 g/mol. The third-order valence-electron chi connectivity index (χ3n) is 7.49. The quantitative estimate of drug-likeness (QED) is 0.196. The molecule has 9 N–H and O–H groups in total. The molecule has 0 radical (unpaired) electrons. The lowest BCUT2D eigenvalue weighted by atomic mass is 9.71. The Balaban J connectivity index is 1.65. The molecule has 2 aromatic rings. The van der Waals surface area contributed by atoms with Gasteiger partial charge in [0, 0.05) is 12.0 Å². The van der Waals surface area contributed by atoms with Crippen molar-refractivity contribution in [2.24, 2.45) is 0 Å². The van der Waals surface area contributed by atoms with Crippen LogP contribution in [0.25, 0.3) is 0 Å². The van der Waals surface area contributed by atoms with Gasteiger partial charge in [-0.15, -0.1) is 0 Å². The number of hydrogen-bond acceptors (Lipinski definition) is 13. The van der Waals surface area contributed by atoms with Gasteiger partial charge in [-0.2, -0.15) is 0 Å². The fourth-order valence-electron chi connectivity index (χ4n) is 5.55. The summed E-state index contributed by atoms with van der Waals surface area (Å²) in [5.41, 5.74) is 0.508. The Morgan fingerprint density at radius 3 is 2.26 bits per heavy atom. The van der Waals surface area contributed by atoms with Gasteiger partial charge in [0.25, 0.3) is 0 Å². The molecule has 212 valence electrons. The van der Waals surface area contributed by atoms with Gasteiger partial charge in [0.05, 0.1) is 30.4 Å². The van der Waals surface area contributed by atoms with E-state index in [9.17, 15) is 50.8 Å². The van der Waals surface area contributed by atoms with Crippen LogP contribution < -0.4 is 4.74 Å². The van der Waals surface area contributed by atoms with E-state index in [1.165, 1.54) is 12.1 Å². The number of phenolic OH excluding ortho intramolecular Hbond substituents is 2. The minimum Gasteiger partial charge on any atom is -0.508 e. The molecule has 2 aliphatic heterocycles. The molecule has 0 spiro atoms. The van der Waals surface area contributed by atoms with Crippen LogP contribution in [0.15, 0.2) is 24.3 Å². The first kappa shape index (κ1) is 27.7. The number of aryl methyl sites for hydroxylation is 1. The van der Waals surface area contributed by atoms with Gasteiger partial charge in [-0.1, -0.05) is 6.07 Å². The maximum Gasteiger partial charge on any atom is 0.229 e. The van der Waals surface area contributed by atoms with Crippen LogP contribution in [0.1, 0.15) is 38.5 Å². The Kier molecular flexibility index (Phi) is 7.30. The summed E-state index contributed by atoms with van der Waals surface area (Å²) in [6, 6.07) is 5.22. The zero-order chi connectivity index (χ0) is 28.3. The molecule has 2 aromatic carbocycles. The van der Waals surface area contributed by atoms with Crippen LogP contribution in [-0.2, 0) is 9.47 Å². The lowest BCUT2D eigenvalue weighted by Crippen LogP contribution is -2.60. The standard InChI is InChI=1S/C26H30O13/c1-8-2-10-16(25-23(35)19(31)13(30)7-37-25)11-4-9(28)5-12(29)17(11)21(33)18(10)14(3-8)38-26-24(36)22(34)20(32)15(6-27)39-26/h2-5,13,15-16,19-20,22-32,34-36H,6-7H2,1H3. The lowest BCUT2D eigenvalue weighted by Gasteiger charge is -2.42. The highest BCUT2D eigenvalue weighted by Gasteiger charge is 2.49. The molecule has 0 saturated carbocycles. The van der Waals surface area contributed by atoms with Crippen LogP contribution in [0.5, 0.6) is 17.2 Å². The van der Waals surface area contributed by atoms with Gasteiger partial charge in [-0.05, 0) is 35.7 Å². The second-order valence-corrected chi connectivity index (χ2v) is 10.1. The van der Waals surface area contributed by atoms with Crippen molar-refractivity contribution >= 4 is 5.78 Å². The van der Waals surface area contributed by atoms with Crippen LogP contribution in [0.4, 0.5) is 0 Å². The number of carbonyl (C=O) groups is 1. The number of hydrogen-bond donors (Lipinski definition) is 9. The van der Waals surface area contributed by atoms with Crippen LogP contribution in [0.3, 0.4) is 0 Å². The van der Waals surface area contributed by atoms with Crippen molar-refractivity contribution in [3.05, 3.63) is 52.1 Å². The molecule has 2 saturated heterocycles. The van der Waals surface area contributed by atoms with E-state index in [1.54, 1.807) is 13.0 Å². The molecule has 5 rings (SSSR count). The molecule has 13 heteroatoms. The fraction of sp³-hybridized carbons (Fsp3) is 0.500. The van der Waals surface area contributed by atoms with Crippen molar-refractivity contribution in [2.75, 3.05) is 13.2 Å². The smallest absolute Gasteiger partial charge is 0.229 e. The monoisotopic (exact) mass is 550 g/mol. The third-order valence-corrected chi connectivity index (χ3v) is 7.49. The van der Waals surface area contributed by atoms with Gasteiger partial charge in [-0.25, -0.2) is 0 Å². The van der Waals surface area contributed by atoms with E-state index in [0.29, 0.717) is 5.56 Å². The van der Waals surface area contributed by atoms with E-state index in [1.807, 2.05) is 0 Å². The Morgan fingerprint density at radius 1 is 0.872 bits per heavy atom. The number of rotatable bonds is 4. The number of carbonyl (C=O) groups excluding carboxylic acids is 1. The normalized spacial score (nSPS) is 36.3. The highest BCUT2D eigenvalue weighted by Crippen LogP contribution is 2.49. The van der Waals surface area contributed by atoms with E-state index in [-0.39, 0.29) is 40.4 Å². The number of aromatic hydroxyl groups is 2. The maximum atomic E-state index is 13.8. The highest BCUT2D eigenvalue weighted by molar-refractivity contribution is 6.16. The predicted octanol–water partition coefficient (Wildman–Crippen LogP) is -2.26. The molecule has 10 unspecified atom stereocenters. The summed E-state index contributed by atoms with van der Waals surface area (Å²) >= 11 is 0. The third kappa shape index (κ3) is 4.55. The fourth-order valence-corrected chi connectivity index (χ4v) is 5.55. The summed E-state index contributed by atoms with van der Waals surface area (Å²) in [5.74, 6) is -2.88. The number of ether oxygens (including phenoxy) is 3. The predicted molar refractivity (Wildman–Crippen MR) is 128 cm³/mol. The minimum absolute atomic E-state index is 0.0991. The Morgan fingerprint density at radius 2 is 1.56 bits per heavy atom. The van der Waals surface area contributed by atoms with Crippen LogP contribution >= 0.6 is 0 Å². The van der Waals surface area contributed by atoms with Gasteiger partial charge in [-0.3, -0.25) is 4.79 Å². The molecular formula is C26H30O13. The molecule has 1 aliphatic carbocycles. The van der Waals surface area contributed by atoms with Gasteiger partial charge in [0.15, 0.2) is 0 Å². The zero-order valence-corrected chi connectivity index (χ0v) is 20.7. The van der Waals surface area contributed by atoms with Crippen LogP contribution in [0, 0.1) is 6.92 Å². The summed E-state index contributed by atoms with van der Waals surface area (Å²) in [4.78, 5) is 13.8. The van der Waals surface area contributed by atoms with Crippen molar-refractivity contribution in [3.8, 4) is 17.2 Å². The molecule has 0 amide bonds. The number of ketones is 1. The van der Waals surface area contributed by atoms with E-state index < -0.39 is 79.2 Å². The number of aliphatic hydroxyl groups is 7. The van der Waals surface area contributed by atoms with Crippen LogP contribution in [0.2, 0.25) is 0 Å². The molecule has 0 aromatic heterocycles. The molecule has 3 aliphatic rings. The van der Waals surface area contributed by atoms with Gasteiger partial charge < -0.3 is 60.2 Å². The number of phenols is 2. The number of benzene rings is 2. The Labute approximate surface area is 221 Å². The van der Waals surface area contributed by atoms with Crippen molar-refractivity contribution in [1.82, 2.24) is 0 Å². The second kappa shape index (κ2) is 10.3. The SMILES string of the molecule is Cc1cc(OC2OC(CO)C(O)C(O)C2O)c2c(c1)C(C1OCC(O)C(O)C1O)c1cc(O)cc(O)c1C2=O. The minimum atomic E-state index is -1.77. The highest BCUT2D eigenvalue weighted by atomic mass is 16.7. The van der Waals surface area contributed by atoms with Crippen molar-refractivity contribution in [1.29, 1.82) is 0 Å². The van der Waals surface area contributed by atoms with E-state index >= 15 is 0 Å². The summed E-state index contributed by atoms with van der Waals surface area (Å²) in [7, 11) is 0. The Hall–Kier alpha value is -2.85. The van der Waals surface area contributed by atoms with E-state index in [4.69, 9.17) is 14.2 Å². The Bertz CT molecular complexity index is 1260. The largest absolute Gasteiger partial charge is 0.508 e. The molecular weight excluding hydrogens is 520 g/mol. The molecule has 10 atom stereocenters. The average Bonchev–Trinajstić information content (AvgIpc) is 2.88. The van der Waals surface area contributed by atoms with Gasteiger partial charge >= 0.3 is 0 Å². The summed E-state index contributed by atoms with van der Waals surface area (Å²) in [6.07, 6.45) is -13.9. The summed E-state index contributed by atoms with van der Waals surface area (Å²) in [6.45, 7) is 0.616. The summed E-state index contributed by atoms with van der Waals surface area (Å²) < 4.78 is 17.0. The topological polar surface area (TPSA) is 227 Å². The molecule has 2 fully saturated rings. The van der Waals surface area contributed by atoms with Gasteiger partial charge in [0.1, 0.15) is 60.0 Å². The first-order valence-corrected chi connectivity index (χ1v) is 12.3. The first-order chi connectivity index (χ1) is 18.4. The molecule has 0 bridgehead atoms. The van der Waals surface area contributed by atoms with Crippen LogP contribution in [-0.4, -0.2) is 120 Å². The molecule has 13 nitrogen and oxygen atoms in total. The first-order valence-electron chi connectivity index (χ1n) is 12.3. The molecule has 39 heavy (non-hydrogen) atoms.